The van der Waals surface area contributed by atoms with Gasteiger partial charge in [0.15, 0.2) is 0 Å². The third-order valence-corrected chi connectivity index (χ3v) is 3.90. The Hall–Kier alpha value is -1.71. The van der Waals surface area contributed by atoms with E-state index in [2.05, 4.69) is 10.6 Å². The molecule has 0 saturated carbocycles. The van der Waals surface area contributed by atoms with Gasteiger partial charge in [-0.15, -0.1) is 0 Å². The van der Waals surface area contributed by atoms with Gasteiger partial charge < -0.3 is 32.3 Å². The normalized spacial score (nSPS) is 15.9. The number of carbonyl (C=O) groups is 3. The molecule has 24 heavy (non-hydrogen) atoms. The summed E-state index contributed by atoms with van der Waals surface area (Å²) < 4.78 is 0. The first kappa shape index (κ1) is 22.3. The third-order valence-electron chi connectivity index (χ3n) is 3.90. The predicted octanol–water partition coefficient (Wildman–Crippen LogP) is -1.46. The fraction of sp³-hybridized carbons (Fsp3) is 0.800. The lowest BCUT2D eigenvalue weighted by molar-refractivity contribution is -0.143. The van der Waals surface area contributed by atoms with Gasteiger partial charge in [-0.25, -0.2) is 4.79 Å². The lowest BCUT2D eigenvalue weighted by Gasteiger charge is -2.26. The zero-order valence-corrected chi connectivity index (χ0v) is 14.3. The second-order valence-corrected chi connectivity index (χ2v) is 5.84. The Morgan fingerprint density at radius 2 is 1.75 bits per heavy atom. The molecular weight excluding hydrogens is 316 g/mol. The van der Waals surface area contributed by atoms with Crippen LogP contribution in [-0.2, 0) is 14.4 Å². The van der Waals surface area contributed by atoms with Crippen molar-refractivity contribution in [1.82, 2.24) is 10.6 Å². The van der Waals surface area contributed by atoms with Crippen molar-refractivity contribution >= 4 is 17.8 Å². The van der Waals surface area contributed by atoms with E-state index in [1.165, 1.54) is 0 Å². The van der Waals surface area contributed by atoms with Crippen molar-refractivity contribution in [2.24, 2.45) is 17.4 Å². The Balaban J connectivity index is 4.85. The molecular formula is C15H30N4O5. The zero-order chi connectivity index (χ0) is 18.7. The molecule has 0 aliphatic heterocycles. The topological polar surface area (TPSA) is 168 Å². The monoisotopic (exact) mass is 346 g/mol. The van der Waals surface area contributed by atoms with Crippen LogP contribution in [-0.4, -0.2) is 59.3 Å². The molecule has 9 nitrogen and oxygen atoms in total. The number of carbonyl (C=O) groups excluding carboxylic acids is 2. The molecule has 0 rings (SSSR count). The molecule has 0 aliphatic carbocycles. The van der Waals surface area contributed by atoms with Crippen LogP contribution in [0.15, 0.2) is 0 Å². The maximum atomic E-state index is 12.3. The van der Waals surface area contributed by atoms with Crippen molar-refractivity contribution in [3.8, 4) is 0 Å². The summed E-state index contributed by atoms with van der Waals surface area (Å²) in [5.41, 5.74) is 11.2. The van der Waals surface area contributed by atoms with E-state index in [1.54, 1.807) is 6.92 Å². The number of hydrogen-bond acceptors (Lipinski definition) is 6. The van der Waals surface area contributed by atoms with E-state index in [0.717, 1.165) is 6.42 Å². The molecule has 9 heteroatoms. The lowest BCUT2D eigenvalue weighted by Crippen LogP contribution is -2.57. The molecule has 140 valence electrons. The molecule has 0 spiro atoms. The van der Waals surface area contributed by atoms with E-state index in [9.17, 15) is 14.4 Å². The lowest BCUT2D eigenvalue weighted by atomic mass is 9.97. The molecule has 0 saturated heterocycles. The minimum Gasteiger partial charge on any atom is -0.480 e. The van der Waals surface area contributed by atoms with Gasteiger partial charge in [0.1, 0.15) is 12.1 Å². The number of rotatable bonds is 12. The molecule has 0 radical (unpaired) electrons. The number of aliphatic carboxylic acids is 1. The Bertz CT molecular complexity index is 419. The molecule has 0 bridgehead atoms. The smallest absolute Gasteiger partial charge is 0.328 e. The van der Waals surface area contributed by atoms with Crippen molar-refractivity contribution in [1.29, 1.82) is 0 Å². The van der Waals surface area contributed by atoms with Gasteiger partial charge in [-0.3, -0.25) is 9.59 Å². The van der Waals surface area contributed by atoms with Gasteiger partial charge in [0.25, 0.3) is 0 Å². The van der Waals surface area contributed by atoms with Crippen molar-refractivity contribution in [3.63, 3.8) is 0 Å². The number of carboxylic acid groups (broad SMARTS) is 1. The van der Waals surface area contributed by atoms with Gasteiger partial charge in [-0.2, -0.15) is 0 Å². The molecule has 0 aliphatic rings. The van der Waals surface area contributed by atoms with E-state index in [-0.39, 0.29) is 5.92 Å². The van der Waals surface area contributed by atoms with Crippen molar-refractivity contribution < 1.29 is 24.6 Å². The van der Waals surface area contributed by atoms with Crippen LogP contribution in [0.2, 0.25) is 0 Å². The van der Waals surface area contributed by atoms with Gasteiger partial charge >= 0.3 is 5.97 Å². The summed E-state index contributed by atoms with van der Waals surface area (Å²) in [6.45, 7) is 3.39. The van der Waals surface area contributed by atoms with Crippen LogP contribution >= 0.6 is 0 Å². The first-order valence-corrected chi connectivity index (χ1v) is 8.18. The highest BCUT2D eigenvalue weighted by Crippen LogP contribution is 2.09. The van der Waals surface area contributed by atoms with E-state index in [4.69, 9.17) is 21.7 Å². The van der Waals surface area contributed by atoms with Gasteiger partial charge in [0.05, 0.1) is 12.6 Å². The second kappa shape index (κ2) is 11.8. The molecule has 0 aromatic carbocycles. The predicted molar refractivity (Wildman–Crippen MR) is 88.9 cm³/mol. The quantitative estimate of drug-likeness (QED) is 0.235. The van der Waals surface area contributed by atoms with Crippen LogP contribution < -0.4 is 22.1 Å². The fourth-order valence-electron chi connectivity index (χ4n) is 2.05. The van der Waals surface area contributed by atoms with E-state index < -0.39 is 42.5 Å². The molecule has 0 fully saturated rings. The minimum absolute atomic E-state index is 0.224. The van der Waals surface area contributed by atoms with Crippen LogP contribution in [0, 0.1) is 5.92 Å². The standard InChI is InChI=1S/C15H30N4O5/c1-3-9(2)12(14(22)18-11(8-20)15(23)24)19-13(21)10(17)6-4-5-7-16/h9-12,20H,3-8,16-17H2,1-2H3,(H,18,22)(H,19,21)(H,23,24)/t9-,10-,11-,12-/m0/s1. The molecule has 2 amide bonds. The number of nitrogens with two attached hydrogens (primary N) is 2. The first-order valence-electron chi connectivity index (χ1n) is 8.18. The van der Waals surface area contributed by atoms with Gasteiger partial charge in [-0.05, 0) is 25.3 Å². The van der Waals surface area contributed by atoms with Crippen LogP contribution in [0.25, 0.3) is 0 Å². The second-order valence-electron chi connectivity index (χ2n) is 5.84. The number of hydrogen-bond donors (Lipinski definition) is 6. The molecule has 0 heterocycles. The van der Waals surface area contributed by atoms with E-state index in [1.807, 2.05) is 6.92 Å². The van der Waals surface area contributed by atoms with Crippen molar-refractivity contribution in [2.75, 3.05) is 13.2 Å². The van der Waals surface area contributed by atoms with Crippen LogP contribution in [0.5, 0.6) is 0 Å². The van der Waals surface area contributed by atoms with Gasteiger partial charge in [0.2, 0.25) is 11.8 Å². The largest absolute Gasteiger partial charge is 0.480 e. The number of aliphatic hydroxyl groups is 1. The number of nitrogens with one attached hydrogen (secondary N) is 2. The van der Waals surface area contributed by atoms with Crippen molar-refractivity contribution in [2.45, 2.75) is 57.7 Å². The van der Waals surface area contributed by atoms with Crippen LogP contribution in [0.3, 0.4) is 0 Å². The number of amides is 2. The van der Waals surface area contributed by atoms with Crippen molar-refractivity contribution in [3.05, 3.63) is 0 Å². The molecule has 8 N–H and O–H groups in total. The molecule has 0 aromatic rings. The maximum absolute atomic E-state index is 12.3. The Labute approximate surface area is 142 Å². The van der Waals surface area contributed by atoms with Gasteiger partial charge in [-0.1, -0.05) is 26.7 Å². The van der Waals surface area contributed by atoms with Crippen LogP contribution in [0.1, 0.15) is 39.5 Å². The summed E-state index contributed by atoms with van der Waals surface area (Å²) in [6.07, 6.45) is 2.51. The maximum Gasteiger partial charge on any atom is 0.328 e. The average Bonchev–Trinajstić information content (AvgIpc) is 2.55. The summed E-state index contributed by atoms with van der Waals surface area (Å²) in [5, 5.41) is 22.7. The molecule has 0 unspecified atom stereocenters. The molecule has 0 aromatic heterocycles. The van der Waals surface area contributed by atoms with Crippen LogP contribution in [0.4, 0.5) is 0 Å². The van der Waals surface area contributed by atoms with E-state index >= 15 is 0 Å². The summed E-state index contributed by atoms with van der Waals surface area (Å²) in [7, 11) is 0. The Morgan fingerprint density at radius 1 is 1.12 bits per heavy atom. The summed E-state index contributed by atoms with van der Waals surface area (Å²) in [4.78, 5) is 35.3. The highest BCUT2D eigenvalue weighted by atomic mass is 16.4. The SMILES string of the molecule is CC[C@H](C)[C@H](NC(=O)[C@@H](N)CCCCN)C(=O)N[C@@H](CO)C(=O)O. The third kappa shape index (κ3) is 7.71. The summed E-state index contributed by atoms with van der Waals surface area (Å²) >= 11 is 0. The summed E-state index contributed by atoms with van der Waals surface area (Å²) in [5.74, 6) is -2.70. The summed E-state index contributed by atoms with van der Waals surface area (Å²) in [6, 6.07) is -3.10. The number of carboxylic acids is 1. The number of aliphatic hydroxyl groups excluding tert-OH is 1. The number of unbranched alkanes of at least 4 members (excludes halogenated alkanes) is 1. The Kier molecular flexibility index (Phi) is 10.9. The van der Waals surface area contributed by atoms with Gasteiger partial charge in [0, 0.05) is 0 Å². The highest BCUT2D eigenvalue weighted by molar-refractivity contribution is 5.91. The molecule has 4 atom stereocenters. The minimum atomic E-state index is -1.42. The fourth-order valence-corrected chi connectivity index (χ4v) is 2.05. The van der Waals surface area contributed by atoms with E-state index in [0.29, 0.717) is 25.8 Å². The first-order chi connectivity index (χ1) is 11.3. The average molecular weight is 346 g/mol. The Morgan fingerprint density at radius 3 is 2.21 bits per heavy atom. The zero-order valence-electron chi connectivity index (χ0n) is 14.3. The highest BCUT2D eigenvalue weighted by Gasteiger charge is 2.30.